The van der Waals surface area contributed by atoms with E-state index in [2.05, 4.69) is 6.08 Å². The predicted molar refractivity (Wildman–Crippen MR) is 84.9 cm³/mol. The van der Waals surface area contributed by atoms with Crippen LogP contribution in [0.15, 0.2) is 46.3 Å². The molecule has 0 unspecified atom stereocenters. The molecular formula is C19H20O5. The van der Waals surface area contributed by atoms with Gasteiger partial charge in [-0.1, -0.05) is 13.0 Å². The summed E-state index contributed by atoms with van der Waals surface area (Å²) < 4.78 is 16.6. The number of methoxy groups -OCH3 is 1. The molecule has 5 nitrogen and oxygen atoms in total. The molecule has 24 heavy (non-hydrogen) atoms. The first-order valence-corrected chi connectivity index (χ1v) is 8.23. The Morgan fingerprint density at radius 1 is 1.33 bits per heavy atom. The van der Waals surface area contributed by atoms with E-state index in [0.29, 0.717) is 19.4 Å². The van der Waals surface area contributed by atoms with Crippen LogP contribution in [0.4, 0.5) is 0 Å². The lowest BCUT2D eigenvalue weighted by Crippen LogP contribution is -2.51. The molecule has 126 valence electrons. The van der Waals surface area contributed by atoms with Crippen LogP contribution in [0.25, 0.3) is 0 Å². The minimum Gasteiger partial charge on any atom is -0.493 e. The van der Waals surface area contributed by atoms with Crippen molar-refractivity contribution < 1.29 is 23.5 Å². The Balaban J connectivity index is 1.72. The van der Waals surface area contributed by atoms with Crippen molar-refractivity contribution >= 4 is 11.6 Å². The number of Topliss-reactive ketones (excluding diaryl/α,β-unsaturated/α-hetero) is 1. The van der Waals surface area contributed by atoms with Crippen LogP contribution in [0.2, 0.25) is 0 Å². The highest BCUT2D eigenvalue weighted by Crippen LogP contribution is 2.53. The van der Waals surface area contributed by atoms with E-state index in [9.17, 15) is 9.59 Å². The molecule has 2 heterocycles. The summed E-state index contributed by atoms with van der Waals surface area (Å²) in [6.07, 6.45) is 6.07. The fourth-order valence-electron chi connectivity index (χ4n) is 4.30. The number of ketones is 2. The topological polar surface area (TPSA) is 65.7 Å². The molecule has 2 aliphatic carbocycles. The van der Waals surface area contributed by atoms with E-state index < -0.39 is 11.3 Å². The van der Waals surface area contributed by atoms with E-state index in [4.69, 9.17) is 13.9 Å². The minimum atomic E-state index is -0.696. The van der Waals surface area contributed by atoms with E-state index >= 15 is 0 Å². The maximum absolute atomic E-state index is 13.0. The number of allylic oxidation sites excluding steroid dienone is 3. The summed E-state index contributed by atoms with van der Waals surface area (Å²) in [7, 11) is 1.44. The molecule has 1 aliphatic heterocycles. The van der Waals surface area contributed by atoms with Gasteiger partial charge >= 0.3 is 0 Å². The lowest BCUT2D eigenvalue weighted by Gasteiger charge is -2.47. The molecule has 1 aromatic heterocycles. The van der Waals surface area contributed by atoms with Crippen molar-refractivity contribution in [2.75, 3.05) is 13.7 Å². The maximum Gasteiger partial charge on any atom is 0.202 e. The number of ether oxygens (including phenoxy) is 2. The SMILES string of the molecule is COC1=CC(=O)[C@]2(C)CC=C3CO[C@H](c4ccco4)C[C@@H]3[C@H]2C1=O. The molecule has 1 fully saturated rings. The van der Waals surface area contributed by atoms with Crippen molar-refractivity contribution in [1.82, 2.24) is 0 Å². The van der Waals surface area contributed by atoms with Crippen LogP contribution >= 0.6 is 0 Å². The van der Waals surface area contributed by atoms with Gasteiger partial charge in [-0.05, 0) is 36.5 Å². The van der Waals surface area contributed by atoms with Gasteiger partial charge < -0.3 is 13.9 Å². The molecular weight excluding hydrogens is 308 g/mol. The monoisotopic (exact) mass is 328 g/mol. The second kappa shape index (κ2) is 5.45. The highest BCUT2D eigenvalue weighted by molar-refractivity contribution is 6.11. The lowest BCUT2D eigenvalue weighted by molar-refractivity contribution is -0.143. The summed E-state index contributed by atoms with van der Waals surface area (Å²) in [4.78, 5) is 25.6. The van der Waals surface area contributed by atoms with E-state index in [1.165, 1.54) is 13.2 Å². The summed E-state index contributed by atoms with van der Waals surface area (Å²) in [6, 6.07) is 3.71. The average molecular weight is 328 g/mol. The summed E-state index contributed by atoms with van der Waals surface area (Å²) in [5.74, 6) is 0.410. The van der Waals surface area contributed by atoms with Crippen LogP contribution in [0, 0.1) is 17.3 Å². The van der Waals surface area contributed by atoms with Crippen LogP contribution in [-0.2, 0) is 19.1 Å². The van der Waals surface area contributed by atoms with Gasteiger partial charge in [-0.2, -0.15) is 0 Å². The molecule has 0 amide bonds. The van der Waals surface area contributed by atoms with Gasteiger partial charge in [0.2, 0.25) is 5.78 Å². The van der Waals surface area contributed by atoms with E-state index in [1.54, 1.807) is 6.26 Å². The number of carbonyl (C=O) groups is 2. The van der Waals surface area contributed by atoms with Crippen molar-refractivity contribution in [3.63, 3.8) is 0 Å². The first-order chi connectivity index (χ1) is 11.5. The molecule has 0 N–H and O–H groups in total. The highest BCUT2D eigenvalue weighted by atomic mass is 16.5. The van der Waals surface area contributed by atoms with Gasteiger partial charge in [-0.25, -0.2) is 0 Å². The van der Waals surface area contributed by atoms with Crippen LogP contribution in [0.3, 0.4) is 0 Å². The molecule has 0 saturated carbocycles. The number of hydrogen-bond donors (Lipinski definition) is 0. The zero-order valence-corrected chi connectivity index (χ0v) is 13.8. The quantitative estimate of drug-likeness (QED) is 0.781. The molecule has 5 heteroatoms. The Labute approximate surface area is 140 Å². The Hall–Kier alpha value is -2.14. The third kappa shape index (κ3) is 2.11. The lowest BCUT2D eigenvalue weighted by atomic mass is 9.56. The molecule has 4 rings (SSSR count). The normalized spacial score (nSPS) is 35.7. The van der Waals surface area contributed by atoms with Gasteiger partial charge in [0.15, 0.2) is 11.5 Å². The highest BCUT2D eigenvalue weighted by Gasteiger charge is 2.55. The smallest absolute Gasteiger partial charge is 0.202 e. The largest absolute Gasteiger partial charge is 0.493 e. The number of hydrogen-bond acceptors (Lipinski definition) is 5. The number of fused-ring (bicyclic) bond motifs is 3. The predicted octanol–water partition coefficient (Wildman–Crippen LogP) is 2.99. The van der Waals surface area contributed by atoms with Crippen molar-refractivity contribution in [2.24, 2.45) is 17.3 Å². The Morgan fingerprint density at radius 3 is 2.88 bits per heavy atom. The van der Waals surface area contributed by atoms with Gasteiger partial charge in [-0.3, -0.25) is 9.59 Å². The second-order valence-electron chi connectivity index (χ2n) is 6.98. The minimum absolute atomic E-state index is 0.0251. The van der Waals surface area contributed by atoms with Gasteiger partial charge in [0.05, 0.1) is 20.0 Å². The van der Waals surface area contributed by atoms with E-state index in [-0.39, 0.29) is 29.3 Å². The average Bonchev–Trinajstić information content (AvgIpc) is 3.12. The van der Waals surface area contributed by atoms with Crippen LogP contribution in [0.5, 0.6) is 0 Å². The molecule has 0 bridgehead atoms. The zero-order chi connectivity index (χ0) is 16.9. The molecule has 3 aliphatic rings. The Bertz CT molecular complexity index is 742. The van der Waals surface area contributed by atoms with Gasteiger partial charge in [0.25, 0.3) is 0 Å². The standard InChI is InChI=1S/C19H20O5/c1-19-6-5-11-10-24-14(13-4-3-7-23-13)8-12(11)17(19)18(21)15(22-2)9-16(19)20/h3-5,7,9,12,14,17H,6,8,10H2,1-2H3/t12-,14-,17-,19-/m0/s1. The molecule has 0 spiro atoms. The first kappa shape index (κ1) is 15.4. The van der Waals surface area contributed by atoms with Crippen molar-refractivity contribution in [1.29, 1.82) is 0 Å². The van der Waals surface area contributed by atoms with E-state index in [1.807, 2.05) is 19.1 Å². The number of rotatable bonds is 2. The van der Waals surface area contributed by atoms with Crippen molar-refractivity contribution in [2.45, 2.75) is 25.9 Å². The summed E-state index contributed by atoms with van der Waals surface area (Å²) in [6.45, 7) is 2.36. The van der Waals surface area contributed by atoms with Crippen LogP contribution in [-0.4, -0.2) is 25.3 Å². The van der Waals surface area contributed by atoms with Crippen LogP contribution in [0.1, 0.15) is 31.6 Å². The van der Waals surface area contributed by atoms with Gasteiger partial charge in [0, 0.05) is 17.4 Å². The van der Waals surface area contributed by atoms with Crippen LogP contribution < -0.4 is 0 Å². The van der Waals surface area contributed by atoms with Gasteiger partial charge in [-0.15, -0.1) is 0 Å². The number of furan rings is 1. The summed E-state index contributed by atoms with van der Waals surface area (Å²) in [5, 5.41) is 0. The summed E-state index contributed by atoms with van der Waals surface area (Å²) in [5.41, 5.74) is 0.414. The zero-order valence-electron chi connectivity index (χ0n) is 13.8. The van der Waals surface area contributed by atoms with E-state index in [0.717, 1.165) is 11.3 Å². The van der Waals surface area contributed by atoms with Crippen molar-refractivity contribution in [3.05, 3.63) is 47.6 Å². The third-order valence-electron chi connectivity index (χ3n) is 5.70. The van der Waals surface area contributed by atoms with Crippen molar-refractivity contribution in [3.8, 4) is 0 Å². The second-order valence-corrected chi connectivity index (χ2v) is 6.98. The molecule has 4 atom stereocenters. The van der Waals surface area contributed by atoms with Gasteiger partial charge in [0.1, 0.15) is 11.9 Å². The molecule has 1 aromatic rings. The molecule has 1 saturated heterocycles. The summed E-state index contributed by atoms with van der Waals surface area (Å²) >= 11 is 0. The third-order valence-corrected chi connectivity index (χ3v) is 5.70. The fourth-order valence-corrected chi connectivity index (χ4v) is 4.30. The maximum atomic E-state index is 13.0. The Morgan fingerprint density at radius 2 is 2.17 bits per heavy atom. The Kier molecular flexibility index (Phi) is 3.49. The first-order valence-electron chi connectivity index (χ1n) is 8.23. The molecule has 0 radical (unpaired) electrons. The fraction of sp³-hybridized carbons (Fsp3) is 0.474. The number of carbonyl (C=O) groups excluding carboxylic acids is 2. The molecule has 0 aromatic carbocycles.